The van der Waals surface area contributed by atoms with Crippen molar-refractivity contribution in [3.05, 3.63) is 48.6 Å². The van der Waals surface area contributed by atoms with E-state index in [1.807, 2.05) is 18.2 Å². The van der Waals surface area contributed by atoms with Crippen LogP contribution in [0.4, 0.5) is 0 Å². The third kappa shape index (κ3) is 13.6. The summed E-state index contributed by atoms with van der Waals surface area (Å²) in [5.74, 6) is -0.321. The molecule has 0 aliphatic carbocycles. The third-order valence-corrected chi connectivity index (χ3v) is 3.86. The summed E-state index contributed by atoms with van der Waals surface area (Å²) in [4.78, 5) is 11.0. The topological polar surface area (TPSA) is 87.0 Å². The maximum absolute atomic E-state index is 11.0. The molecule has 0 rings (SSSR count). The van der Waals surface area contributed by atoms with Gasteiger partial charge in [-0.15, -0.1) is 0 Å². The van der Waals surface area contributed by atoms with Crippen molar-refractivity contribution in [2.75, 3.05) is 7.11 Å². The molecule has 0 heterocycles. The van der Waals surface area contributed by atoms with Crippen LogP contribution in [0.5, 0.6) is 0 Å². The molecule has 3 atom stereocenters. The molecule has 0 aromatic heterocycles. The number of allylic oxidation sites excluding steroid dienone is 6. The van der Waals surface area contributed by atoms with Crippen molar-refractivity contribution in [2.45, 2.75) is 70.2 Å². The highest BCUT2D eigenvalue weighted by atomic mass is 16.5. The molecule has 148 valence electrons. The van der Waals surface area contributed by atoms with Crippen LogP contribution in [0.3, 0.4) is 0 Å². The first-order valence-corrected chi connectivity index (χ1v) is 9.17. The lowest BCUT2D eigenvalue weighted by Crippen LogP contribution is -2.23. The number of carbonyl (C=O) groups is 1. The summed E-state index contributed by atoms with van der Waals surface area (Å²) in [7, 11) is 1.32. The predicted octanol–water partition coefficient (Wildman–Crippen LogP) is 3.22. The lowest BCUT2D eigenvalue weighted by Gasteiger charge is -2.17. The minimum absolute atomic E-state index is 0.230. The minimum Gasteiger partial charge on any atom is -0.469 e. The summed E-state index contributed by atoms with van der Waals surface area (Å²) in [5.41, 5.74) is -0.780. The Kier molecular flexibility index (Phi) is 13.5. The fourth-order valence-corrected chi connectivity index (χ4v) is 2.17. The highest BCUT2D eigenvalue weighted by molar-refractivity contribution is 5.68. The third-order valence-electron chi connectivity index (χ3n) is 3.86. The first kappa shape index (κ1) is 24.3. The largest absolute Gasteiger partial charge is 0.469 e. The van der Waals surface area contributed by atoms with Gasteiger partial charge < -0.3 is 20.1 Å². The van der Waals surface area contributed by atoms with E-state index in [0.29, 0.717) is 12.8 Å². The van der Waals surface area contributed by atoms with Gasteiger partial charge in [-0.2, -0.15) is 0 Å². The Morgan fingerprint density at radius 1 is 1.08 bits per heavy atom. The number of hydrogen-bond donors (Lipinski definition) is 3. The fraction of sp³-hybridized carbons (Fsp3) is 0.571. The van der Waals surface area contributed by atoms with E-state index in [1.165, 1.54) is 13.2 Å². The van der Waals surface area contributed by atoms with Crippen LogP contribution in [0.25, 0.3) is 0 Å². The summed E-state index contributed by atoms with van der Waals surface area (Å²) in [5, 5.41) is 29.7. The molecule has 0 saturated carbocycles. The Hall–Kier alpha value is -1.69. The SMILES string of the molecule is CCCCC(C)(O)/C=C/C=C\C=C\C=C\[C@@H](O)[C@@H](O)CCCC(=O)OC. The second-order valence-electron chi connectivity index (χ2n) is 6.50. The standard InChI is InChI=1S/C21H34O5/c1-4-5-16-21(2,25)17-11-9-7-6-8-10-13-18(22)19(23)14-12-15-20(24)26-3/h6-11,13,17-19,22-23,25H,4-5,12,14-16H2,1-3H3/b8-6+,9-7-,13-10+,17-11+/t18-,19+,21?/m1/s1. The number of rotatable bonds is 13. The lowest BCUT2D eigenvalue weighted by atomic mass is 9.99. The molecule has 3 N–H and O–H groups in total. The molecule has 0 fully saturated rings. The Bertz CT molecular complexity index is 489. The molecule has 0 radical (unpaired) electrons. The van der Waals surface area contributed by atoms with Gasteiger partial charge in [0, 0.05) is 6.42 Å². The van der Waals surface area contributed by atoms with Crippen molar-refractivity contribution in [2.24, 2.45) is 0 Å². The van der Waals surface area contributed by atoms with E-state index in [-0.39, 0.29) is 12.4 Å². The first-order chi connectivity index (χ1) is 12.3. The summed E-state index contributed by atoms with van der Waals surface area (Å²) in [6.07, 6.45) is 15.8. The van der Waals surface area contributed by atoms with E-state index in [1.54, 1.807) is 31.2 Å². The number of hydrogen-bond acceptors (Lipinski definition) is 5. The van der Waals surface area contributed by atoms with E-state index >= 15 is 0 Å². The number of esters is 1. The molecule has 1 unspecified atom stereocenters. The van der Waals surface area contributed by atoms with Crippen molar-refractivity contribution in [3.63, 3.8) is 0 Å². The molecule has 0 aromatic carbocycles. The lowest BCUT2D eigenvalue weighted by molar-refractivity contribution is -0.140. The second-order valence-corrected chi connectivity index (χ2v) is 6.50. The van der Waals surface area contributed by atoms with Crippen LogP contribution in [0.2, 0.25) is 0 Å². The second kappa shape index (κ2) is 14.5. The van der Waals surface area contributed by atoms with Crippen LogP contribution in [-0.2, 0) is 9.53 Å². The van der Waals surface area contributed by atoms with Crippen molar-refractivity contribution < 1.29 is 24.9 Å². The maximum Gasteiger partial charge on any atom is 0.305 e. The molecule has 0 spiro atoms. The van der Waals surface area contributed by atoms with Gasteiger partial charge in [0.25, 0.3) is 0 Å². The molecule has 26 heavy (non-hydrogen) atoms. The molecule has 5 nitrogen and oxygen atoms in total. The Balaban J connectivity index is 4.12. The zero-order chi connectivity index (χ0) is 19.8. The van der Waals surface area contributed by atoms with E-state index in [0.717, 1.165) is 19.3 Å². The summed E-state index contributed by atoms with van der Waals surface area (Å²) in [6, 6.07) is 0. The number of unbranched alkanes of at least 4 members (excludes halogenated alkanes) is 1. The maximum atomic E-state index is 11.0. The van der Waals surface area contributed by atoms with Gasteiger partial charge in [-0.3, -0.25) is 4.79 Å². The summed E-state index contributed by atoms with van der Waals surface area (Å²) in [6.45, 7) is 3.89. The summed E-state index contributed by atoms with van der Waals surface area (Å²) >= 11 is 0. The van der Waals surface area contributed by atoms with Crippen LogP contribution in [-0.4, -0.2) is 46.2 Å². The molecular formula is C21H34O5. The molecule has 0 bridgehead atoms. The molecule has 0 aliphatic rings. The van der Waals surface area contributed by atoms with Crippen molar-refractivity contribution >= 4 is 5.97 Å². The van der Waals surface area contributed by atoms with Gasteiger partial charge in [-0.25, -0.2) is 0 Å². The van der Waals surface area contributed by atoms with Crippen LogP contribution < -0.4 is 0 Å². The normalized spacial score (nSPS) is 17.3. The Labute approximate surface area is 157 Å². The Morgan fingerprint density at radius 3 is 2.31 bits per heavy atom. The minimum atomic E-state index is -0.977. The van der Waals surface area contributed by atoms with Gasteiger partial charge in [0.1, 0.15) is 0 Å². The monoisotopic (exact) mass is 366 g/mol. The number of carbonyl (C=O) groups excluding carboxylic acids is 1. The van der Waals surface area contributed by atoms with Gasteiger partial charge in [-0.05, 0) is 26.2 Å². The van der Waals surface area contributed by atoms with Gasteiger partial charge in [0.2, 0.25) is 0 Å². The van der Waals surface area contributed by atoms with Crippen LogP contribution in [0.1, 0.15) is 52.4 Å². The predicted molar refractivity (Wildman–Crippen MR) is 105 cm³/mol. The zero-order valence-electron chi connectivity index (χ0n) is 16.2. The number of aliphatic hydroxyl groups is 3. The van der Waals surface area contributed by atoms with Crippen LogP contribution in [0.15, 0.2) is 48.6 Å². The van der Waals surface area contributed by atoms with E-state index in [9.17, 15) is 20.1 Å². The van der Waals surface area contributed by atoms with E-state index in [2.05, 4.69) is 11.7 Å². The number of methoxy groups -OCH3 is 1. The molecular weight excluding hydrogens is 332 g/mol. The van der Waals surface area contributed by atoms with Crippen LogP contribution in [0, 0.1) is 0 Å². The molecule has 0 amide bonds. The summed E-state index contributed by atoms with van der Waals surface area (Å²) < 4.78 is 4.52. The molecule has 0 aliphatic heterocycles. The average molecular weight is 366 g/mol. The molecule has 0 saturated heterocycles. The van der Waals surface area contributed by atoms with E-state index < -0.39 is 17.8 Å². The van der Waals surface area contributed by atoms with Gasteiger partial charge in [0.05, 0.1) is 24.9 Å². The van der Waals surface area contributed by atoms with Gasteiger partial charge >= 0.3 is 5.97 Å². The van der Waals surface area contributed by atoms with Crippen molar-refractivity contribution in [3.8, 4) is 0 Å². The highest BCUT2D eigenvalue weighted by Gasteiger charge is 2.14. The van der Waals surface area contributed by atoms with E-state index in [4.69, 9.17) is 0 Å². The average Bonchev–Trinajstić information content (AvgIpc) is 2.61. The zero-order valence-corrected chi connectivity index (χ0v) is 16.2. The van der Waals surface area contributed by atoms with Crippen molar-refractivity contribution in [1.82, 2.24) is 0 Å². The number of aliphatic hydroxyl groups excluding tert-OH is 2. The highest BCUT2D eigenvalue weighted by Crippen LogP contribution is 2.14. The van der Waals surface area contributed by atoms with Gasteiger partial charge in [0.15, 0.2) is 0 Å². The number of ether oxygens (including phenoxy) is 1. The van der Waals surface area contributed by atoms with Crippen molar-refractivity contribution in [1.29, 1.82) is 0 Å². The van der Waals surface area contributed by atoms with Crippen LogP contribution >= 0.6 is 0 Å². The molecule has 5 heteroatoms. The first-order valence-electron chi connectivity index (χ1n) is 9.17. The smallest absolute Gasteiger partial charge is 0.305 e. The molecule has 0 aromatic rings. The quantitative estimate of drug-likeness (QED) is 0.344. The fourth-order valence-electron chi connectivity index (χ4n) is 2.17. The van der Waals surface area contributed by atoms with Gasteiger partial charge in [-0.1, -0.05) is 68.4 Å². The Morgan fingerprint density at radius 2 is 1.69 bits per heavy atom.